The Kier molecular flexibility index (Phi) is 8.81. The first-order chi connectivity index (χ1) is 5.85. The van der Waals surface area contributed by atoms with Crippen molar-refractivity contribution < 1.29 is 20.1 Å². The van der Waals surface area contributed by atoms with Crippen molar-refractivity contribution in [2.24, 2.45) is 5.92 Å². The zero-order valence-corrected chi connectivity index (χ0v) is 7.15. The summed E-state index contributed by atoms with van der Waals surface area (Å²) in [6.45, 7) is 1.92. The average molecular weight is 177 g/mol. The summed E-state index contributed by atoms with van der Waals surface area (Å²) in [5.74, 6) is -0.0565. The van der Waals surface area contributed by atoms with Gasteiger partial charge in [-0.2, -0.15) is 0 Å². The van der Waals surface area contributed by atoms with Gasteiger partial charge in [0.15, 0.2) is 0 Å². The van der Waals surface area contributed by atoms with E-state index in [1.54, 1.807) is 6.61 Å². The molecule has 0 bridgehead atoms. The molecule has 0 aromatic carbocycles. The van der Waals surface area contributed by atoms with Crippen LogP contribution >= 0.6 is 0 Å². The van der Waals surface area contributed by atoms with Gasteiger partial charge in [-0.25, -0.2) is 0 Å². The van der Waals surface area contributed by atoms with E-state index in [-0.39, 0.29) is 25.7 Å². The quantitative estimate of drug-likeness (QED) is 0.439. The maximum absolute atomic E-state index is 8.67. The lowest BCUT2D eigenvalue weighted by Gasteiger charge is -2.09. The van der Waals surface area contributed by atoms with Gasteiger partial charge in [-0.15, -0.1) is 0 Å². The van der Waals surface area contributed by atoms with E-state index in [0.717, 1.165) is 0 Å². The third-order valence-corrected chi connectivity index (χ3v) is 1.54. The number of aliphatic hydroxyl groups excluding tert-OH is 3. The van der Waals surface area contributed by atoms with Gasteiger partial charge in [0.25, 0.3) is 0 Å². The summed E-state index contributed by atoms with van der Waals surface area (Å²) in [4.78, 5) is 0. The fourth-order valence-electron chi connectivity index (χ4n) is 0.763. The lowest BCUT2D eigenvalue weighted by atomic mass is 10.1. The average Bonchev–Trinajstić information content (AvgIpc) is 2.11. The van der Waals surface area contributed by atoms with Crippen molar-refractivity contribution in [3.8, 4) is 0 Å². The van der Waals surface area contributed by atoms with Crippen LogP contribution in [0.4, 0.5) is 0 Å². The molecule has 0 atom stereocenters. The molecule has 4 nitrogen and oxygen atoms in total. The number of rotatable bonds is 8. The standard InChI is InChI=1S/C8H17O4/c9-3-5-12-4-1-2-8(6-10)7-11/h4,8-11H,1-3,5-7H2. The van der Waals surface area contributed by atoms with E-state index in [1.807, 2.05) is 0 Å². The highest BCUT2D eigenvalue weighted by Gasteiger charge is 2.04. The van der Waals surface area contributed by atoms with Crippen LogP contribution in [-0.2, 0) is 4.74 Å². The van der Waals surface area contributed by atoms with Gasteiger partial charge in [0, 0.05) is 19.1 Å². The Morgan fingerprint density at radius 2 is 1.83 bits per heavy atom. The van der Waals surface area contributed by atoms with E-state index >= 15 is 0 Å². The molecule has 0 aromatic heterocycles. The van der Waals surface area contributed by atoms with Gasteiger partial charge in [0.2, 0.25) is 0 Å². The van der Waals surface area contributed by atoms with E-state index in [1.165, 1.54) is 0 Å². The van der Waals surface area contributed by atoms with Crippen molar-refractivity contribution in [2.75, 3.05) is 26.4 Å². The van der Waals surface area contributed by atoms with E-state index in [0.29, 0.717) is 19.4 Å². The summed E-state index contributed by atoms with van der Waals surface area (Å²) in [5.41, 5.74) is 0. The second-order valence-corrected chi connectivity index (χ2v) is 2.57. The Morgan fingerprint density at radius 1 is 1.17 bits per heavy atom. The third-order valence-electron chi connectivity index (χ3n) is 1.54. The first-order valence-electron chi connectivity index (χ1n) is 4.11. The van der Waals surface area contributed by atoms with Crippen LogP contribution in [0, 0.1) is 12.5 Å². The molecule has 0 rings (SSSR count). The highest BCUT2D eigenvalue weighted by molar-refractivity contribution is 4.59. The molecule has 73 valence electrons. The Hall–Kier alpha value is -0.160. The van der Waals surface area contributed by atoms with Crippen LogP contribution in [-0.4, -0.2) is 41.7 Å². The fourth-order valence-corrected chi connectivity index (χ4v) is 0.763. The number of hydrogen-bond acceptors (Lipinski definition) is 4. The Balaban J connectivity index is 3.06. The van der Waals surface area contributed by atoms with Gasteiger partial charge in [0.1, 0.15) is 0 Å². The van der Waals surface area contributed by atoms with Crippen molar-refractivity contribution in [2.45, 2.75) is 12.8 Å². The molecule has 0 aromatic rings. The molecule has 3 N–H and O–H groups in total. The number of ether oxygens (including phenoxy) is 1. The van der Waals surface area contributed by atoms with E-state index in [9.17, 15) is 0 Å². The Labute approximate surface area is 72.8 Å². The summed E-state index contributed by atoms with van der Waals surface area (Å²) >= 11 is 0. The van der Waals surface area contributed by atoms with Crippen molar-refractivity contribution in [3.63, 3.8) is 0 Å². The minimum atomic E-state index is -0.0565. The molecule has 0 aliphatic rings. The van der Waals surface area contributed by atoms with Gasteiger partial charge in [-0.3, -0.25) is 0 Å². The lowest BCUT2D eigenvalue weighted by Crippen LogP contribution is -2.11. The number of aliphatic hydroxyl groups is 3. The zero-order valence-electron chi connectivity index (χ0n) is 7.15. The van der Waals surface area contributed by atoms with Crippen LogP contribution in [0.1, 0.15) is 12.8 Å². The van der Waals surface area contributed by atoms with Gasteiger partial charge in [-0.1, -0.05) is 0 Å². The molecule has 0 spiro atoms. The molecule has 12 heavy (non-hydrogen) atoms. The smallest absolute Gasteiger partial charge is 0.0838 e. The monoisotopic (exact) mass is 177 g/mol. The SMILES string of the molecule is OCCO[CH]CCC(CO)CO. The van der Waals surface area contributed by atoms with Crippen LogP contribution in [0.5, 0.6) is 0 Å². The molecule has 0 amide bonds. The molecule has 0 saturated carbocycles. The largest absolute Gasteiger partial charge is 0.396 e. The molecule has 4 heteroatoms. The van der Waals surface area contributed by atoms with Crippen LogP contribution in [0.2, 0.25) is 0 Å². The molecule has 0 heterocycles. The summed E-state index contributed by atoms with van der Waals surface area (Å²) in [6, 6.07) is 0. The fraction of sp³-hybridized carbons (Fsp3) is 0.875. The van der Waals surface area contributed by atoms with Crippen LogP contribution < -0.4 is 0 Å². The first-order valence-corrected chi connectivity index (χ1v) is 4.11. The van der Waals surface area contributed by atoms with E-state index in [4.69, 9.17) is 20.1 Å². The highest BCUT2D eigenvalue weighted by Crippen LogP contribution is 2.06. The summed E-state index contributed by atoms with van der Waals surface area (Å²) < 4.78 is 4.88. The van der Waals surface area contributed by atoms with Gasteiger partial charge in [-0.05, 0) is 12.8 Å². The molecule has 1 radical (unpaired) electrons. The summed E-state index contributed by atoms with van der Waals surface area (Å²) in [7, 11) is 0. The molecule has 0 aliphatic carbocycles. The van der Waals surface area contributed by atoms with Gasteiger partial charge in [0.05, 0.1) is 19.8 Å². The summed E-state index contributed by atoms with van der Waals surface area (Å²) in [5, 5.41) is 25.7. The Morgan fingerprint density at radius 3 is 2.33 bits per heavy atom. The second-order valence-electron chi connectivity index (χ2n) is 2.57. The van der Waals surface area contributed by atoms with Gasteiger partial charge >= 0.3 is 0 Å². The maximum atomic E-state index is 8.67. The molecule has 0 fully saturated rings. The molecular formula is C8H17O4. The minimum absolute atomic E-state index is 0.00431. The second kappa shape index (κ2) is 8.93. The predicted molar refractivity (Wildman–Crippen MR) is 44.2 cm³/mol. The van der Waals surface area contributed by atoms with Crippen LogP contribution in [0.3, 0.4) is 0 Å². The zero-order chi connectivity index (χ0) is 9.23. The normalized spacial score (nSPS) is 11.0. The van der Waals surface area contributed by atoms with Crippen molar-refractivity contribution in [1.29, 1.82) is 0 Å². The predicted octanol–water partition coefficient (Wildman–Crippen LogP) is -0.462. The molecular weight excluding hydrogens is 160 g/mol. The summed E-state index contributed by atoms with van der Waals surface area (Å²) in [6.07, 6.45) is 1.39. The van der Waals surface area contributed by atoms with Crippen LogP contribution in [0.15, 0.2) is 0 Å². The Bertz CT molecular complexity index is 83.1. The van der Waals surface area contributed by atoms with Crippen molar-refractivity contribution in [1.82, 2.24) is 0 Å². The van der Waals surface area contributed by atoms with Gasteiger partial charge < -0.3 is 20.1 Å². The lowest BCUT2D eigenvalue weighted by molar-refractivity contribution is 0.116. The highest BCUT2D eigenvalue weighted by atomic mass is 16.5. The first kappa shape index (κ1) is 11.8. The van der Waals surface area contributed by atoms with E-state index in [2.05, 4.69) is 0 Å². The molecule has 0 aliphatic heterocycles. The third kappa shape index (κ3) is 6.54. The van der Waals surface area contributed by atoms with Crippen LogP contribution in [0.25, 0.3) is 0 Å². The molecule has 0 unspecified atom stereocenters. The number of hydrogen-bond donors (Lipinski definition) is 3. The van der Waals surface area contributed by atoms with Crippen molar-refractivity contribution in [3.05, 3.63) is 6.61 Å². The maximum Gasteiger partial charge on any atom is 0.0838 e. The topological polar surface area (TPSA) is 69.9 Å². The van der Waals surface area contributed by atoms with E-state index < -0.39 is 0 Å². The molecule has 0 saturated heterocycles. The van der Waals surface area contributed by atoms with Crippen molar-refractivity contribution >= 4 is 0 Å². The minimum Gasteiger partial charge on any atom is -0.396 e.